The van der Waals surface area contributed by atoms with Crippen molar-refractivity contribution < 1.29 is 4.79 Å². The van der Waals surface area contributed by atoms with Gasteiger partial charge in [0, 0.05) is 11.4 Å². The molecule has 0 aromatic heterocycles. The Morgan fingerprint density at radius 1 is 1.05 bits per heavy atom. The summed E-state index contributed by atoms with van der Waals surface area (Å²) in [5, 5.41) is 8.10. The highest BCUT2D eigenvalue weighted by Crippen LogP contribution is 2.22. The van der Waals surface area contributed by atoms with Crippen LogP contribution in [0.2, 0.25) is 0 Å². The SMILES string of the molecule is CC(C)CC(C)NC(=O)Nc1cccc2ccccc12. The molecule has 0 aliphatic heterocycles. The summed E-state index contributed by atoms with van der Waals surface area (Å²) in [6.07, 6.45) is 0.975. The number of nitrogens with one attached hydrogen (secondary N) is 2. The van der Waals surface area contributed by atoms with Gasteiger partial charge in [-0.05, 0) is 30.7 Å². The number of urea groups is 1. The highest BCUT2D eigenvalue weighted by molar-refractivity contribution is 6.01. The van der Waals surface area contributed by atoms with Crippen LogP contribution in [0.5, 0.6) is 0 Å². The van der Waals surface area contributed by atoms with Gasteiger partial charge in [0.15, 0.2) is 0 Å². The molecule has 1 atom stereocenters. The minimum absolute atomic E-state index is 0.144. The van der Waals surface area contributed by atoms with Crippen LogP contribution in [-0.2, 0) is 0 Å². The van der Waals surface area contributed by atoms with Crippen LogP contribution in [0.15, 0.2) is 42.5 Å². The summed E-state index contributed by atoms with van der Waals surface area (Å²) in [6, 6.07) is 14.0. The summed E-state index contributed by atoms with van der Waals surface area (Å²) in [6.45, 7) is 6.34. The molecule has 0 fully saturated rings. The van der Waals surface area contributed by atoms with Gasteiger partial charge in [0.1, 0.15) is 0 Å². The molecular formula is C17H22N2O. The lowest BCUT2D eigenvalue weighted by molar-refractivity contribution is 0.247. The lowest BCUT2D eigenvalue weighted by Gasteiger charge is -2.17. The molecule has 0 aliphatic rings. The van der Waals surface area contributed by atoms with Gasteiger partial charge in [-0.25, -0.2) is 4.79 Å². The first-order valence-electron chi connectivity index (χ1n) is 7.11. The molecule has 0 bridgehead atoms. The number of rotatable bonds is 4. The Balaban J connectivity index is 2.06. The zero-order chi connectivity index (χ0) is 14.5. The summed E-state index contributed by atoms with van der Waals surface area (Å²) in [7, 11) is 0. The average Bonchev–Trinajstić information content (AvgIpc) is 2.38. The summed E-state index contributed by atoms with van der Waals surface area (Å²) in [5.74, 6) is 0.572. The standard InChI is InChI=1S/C17H22N2O/c1-12(2)11-13(3)18-17(20)19-16-10-6-8-14-7-4-5-9-15(14)16/h4-10,12-13H,11H2,1-3H3,(H2,18,19,20). The Hall–Kier alpha value is -2.03. The first kappa shape index (κ1) is 14.4. The highest BCUT2D eigenvalue weighted by Gasteiger charge is 2.10. The van der Waals surface area contributed by atoms with Gasteiger partial charge in [-0.1, -0.05) is 50.2 Å². The van der Waals surface area contributed by atoms with Crippen molar-refractivity contribution in [3.8, 4) is 0 Å². The lowest BCUT2D eigenvalue weighted by atomic mass is 10.1. The normalized spacial score (nSPS) is 12.4. The molecule has 0 radical (unpaired) electrons. The molecule has 2 amide bonds. The Morgan fingerprint density at radius 2 is 1.75 bits per heavy atom. The molecule has 0 spiro atoms. The maximum Gasteiger partial charge on any atom is 0.319 e. The Labute approximate surface area is 120 Å². The first-order chi connectivity index (χ1) is 9.56. The fourth-order valence-electron chi connectivity index (χ4n) is 2.48. The number of amides is 2. The van der Waals surface area contributed by atoms with Gasteiger partial charge in [-0.3, -0.25) is 0 Å². The first-order valence-corrected chi connectivity index (χ1v) is 7.11. The topological polar surface area (TPSA) is 41.1 Å². The van der Waals surface area contributed by atoms with Gasteiger partial charge in [-0.15, -0.1) is 0 Å². The van der Waals surface area contributed by atoms with Crippen molar-refractivity contribution in [1.82, 2.24) is 5.32 Å². The zero-order valence-corrected chi connectivity index (χ0v) is 12.3. The molecular weight excluding hydrogens is 248 g/mol. The Morgan fingerprint density at radius 3 is 2.50 bits per heavy atom. The van der Waals surface area contributed by atoms with E-state index in [9.17, 15) is 4.79 Å². The number of carbonyl (C=O) groups is 1. The van der Waals surface area contributed by atoms with Crippen LogP contribution in [0.1, 0.15) is 27.2 Å². The molecule has 3 nitrogen and oxygen atoms in total. The predicted octanol–water partition coefficient (Wildman–Crippen LogP) is 4.40. The lowest BCUT2D eigenvalue weighted by Crippen LogP contribution is -2.36. The van der Waals surface area contributed by atoms with Gasteiger partial charge < -0.3 is 10.6 Å². The van der Waals surface area contributed by atoms with Crippen molar-refractivity contribution in [3.05, 3.63) is 42.5 Å². The Kier molecular flexibility index (Phi) is 4.61. The molecule has 2 aromatic rings. The van der Waals surface area contributed by atoms with Crippen molar-refractivity contribution >= 4 is 22.5 Å². The van der Waals surface area contributed by atoms with Crippen LogP contribution in [0, 0.1) is 5.92 Å². The Bertz CT molecular complexity index is 587. The molecule has 2 rings (SSSR count). The van der Waals surface area contributed by atoms with E-state index in [4.69, 9.17) is 0 Å². The van der Waals surface area contributed by atoms with Gasteiger partial charge in [0.2, 0.25) is 0 Å². The monoisotopic (exact) mass is 270 g/mol. The van der Waals surface area contributed by atoms with Crippen molar-refractivity contribution in [2.45, 2.75) is 33.2 Å². The maximum absolute atomic E-state index is 12.0. The predicted molar refractivity (Wildman–Crippen MR) is 85.0 cm³/mol. The third-order valence-corrected chi connectivity index (χ3v) is 3.24. The molecule has 2 aromatic carbocycles. The molecule has 3 heteroatoms. The largest absolute Gasteiger partial charge is 0.335 e. The molecule has 2 N–H and O–H groups in total. The number of anilines is 1. The molecule has 1 unspecified atom stereocenters. The van der Waals surface area contributed by atoms with E-state index >= 15 is 0 Å². The minimum Gasteiger partial charge on any atom is -0.335 e. The zero-order valence-electron chi connectivity index (χ0n) is 12.3. The van der Waals surface area contributed by atoms with Crippen molar-refractivity contribution in [1.29, 1.82) is 0 Å². The smallest absolute Gasteiger partial charge is 0.319 e. The van der Waals surface area contributed by atoms with E-state index in [2.05, 4.69) is 24.5 Å². The van der Waals surface area contributed by atoms with Crippen molar-refractivity contribution in [3.63, 3.8) is 0 Å². The fraction of sp³-hybridized carbons (Fsp3) is 0.353. The summed E-state index contributed by atoms with van der Waals surface area (Å²) in [5.41, 5.74) is 0.845. The van der Waals surface area contributed by atoms with Gasteiger partial charge in [0.05, 0.1) is 5.69 Å². The second-order valence-electron chi connectivity index (χ2n) is 5.66. The van der Waals surface area contributed by atoms with Crippen molar-refractivity contribution in [2.24, 2.45) is 5.92 Å². The number of hydrogen-bond acceptors (Lipinski definition) is 1. The second kappa shape index (κ2) is 6.42. The van der Waals surface area contributed by atoms with Crippen LogP contribution in [0.25, 0.3) is 10.8 Å². The second-order valence-corrected chi connectivity index (χ2v) is 5.66. The van der Waals surface area contributed by atoms with E-state index in [1.807, 2.05) is 49.4 Å². The van der Waals surface area contributed by atoms with E-state index < -0.39 is 0 Å². The third-order valence-electron chi connectivity index (χ3n) is 3.24. The number of fused-ring (bicyclic) bond motifs is 1. The van der Waals surface area contributed by atoms with Crippen LogP contribution < -0.4 is 10.6 Å². The van der Waals surface area contributed by atoms with Crippen LogP contribution >= 0.6 is 0 Å². The summed E-state index contributed by atoms with van der Waals surface area (Å²) >= 11 is 0. The summed E-state index contributed by atoms with van der Waals surface area (Å²) < 4.78 is 0. The molecule has 0 saturated carbocycles. The van der Waals surface area contributed by atoms with E-state index in [1.54, 1.807) is 0 Å². The number of benzene rings is 2. The molecule has 0 heterocycles. The average molecular weight is 270 g/mol. The molecule has 0 aliphatic carbocycles. The van der Waals surface area contributed by atoms with Crippen LogP contribution in [-0.4, -0.2) is 12.1 Å². The third kappa shape index (κ3) is 3.73. The van der Waals surface area contributed by atoms with Crippen LogP contribution in [0.4, 0.5) is 10.5 Å². The van der Waals surface area contributed by atoms with Gasteiger partial charge in [-0.2, -0.15) is 0 Å². The number of carbonyl (C=O) groups excluding carboxylic acids is 1. The van der Waals surface area contributed by atoms with E-state index in [-0.39, 0.29) is 12.1 Å². The van der Waals surface area contributed by atoms with Crippen molar-refractivity contribution in [2.75, 3.05) is 5.32 Å². The van der Waals surface area contributed by atoms with Crippen LogP contribution in [0.3, 0.4) is 0 Å². The van der Waals surface area contributed by atoms with E-state index in [0.29, 0.717) is 5.92 Å². The summed E-state index contributed by atoms with van der Waals surface area (Å²) in [4.78, 5) is 12.0. The molecule has 20 heavy (non-hydrogen) atoms. The maximum atomic E-state index is 12.0. The fourth-order valence-corrected chi connectivity index (χ4v) is 2.48. The minimum atomic E-state index is -0.144. The molecule has 106 valence electrons. The quantitative estimate of drug-likeness (QED) is 0.849. The van der Waals surface area contributed by atoms with E-state index in [1.165, 1.54) is 0 Å². The van der Waals surface area contributed by atoms with Gasteiger partial charge in [0.25, 0.3) is 0 Å². The van der Waals surface area contributed by atoms with E-state index in [0.717, 1.165) is 22.9 Å². The van der Waals surface area contributed by atoms with Gasteiger partial charge >= 0.3 is 6.03 Å². The number of hydrogen-bond donors (Lipinski definition) is 2. The highest BCUT2D eigenvalue weighted by atomic mass is 16.2. The molecule has 0 saturated heterocycles.